The Morgan fingerprint density at radius 2 is 1.95 bits per heavy atom. The summed E-state index contributed by atoms with van der Waals surface area (Å²) in [5.41, 5.74) is -0.112. The van der Waals surface area contributed by atoms with E-state index in [2.05, 4.69) is 4.90 Å². The number of likely N-dealkylation sites (N-methyl/N-ethyl adjacent to an activating group) is 1. The summed E-state index contributed by atoms with van der Waals surface area (Å²) in [6, 6.07) is 3.17. The molecule has 1 saturated heterocycles. The SMILES string of the molecule is CN1C2C=C(c3cc(F)ccc3C(F)(F)F)CC1CC2. The molecular formula is C15H15F4N. The summed E-state index contributed by atoms with van der Waals surface area (Å²) in [7, 11) is 1.99. The molecule has 3 rings (SSSR count). The first-order chi connectivity index (χ1) is 9.36. The van der Waals surface area contributed by atoms with E-state index in [-0.39, 0.29) is 17.6 Å². The average molecular weight is 285 g/mol. The van der Waals surface area contributed by atoms with Crippen LogP contribution in [0.3, 0.4) is 0 Å². The van der Waals surface area contributed by atoms with E-state index in [1.54, 1.807) is 0 Å². The van der Waals surface area contributed by atoms with Gasteiger partial charge in [0.1, 0.15) is 5.82 Å². The molecule has 0 spiro atoms. The number of hydrogen-bond donors (Lipinski definition) is 0. The molecule has 0 aliphatic carbocycles. The van der Waals surface area contributed by atoms with Gasteiger partial charge in [-0.15, -0.1) is 0 Å². The van der Waals surface area contributed by atoms with Crippen LogP contribution >= 0.6 is 0 Å². The summed E-state index contributed by atoms with van der Waals surface area (Å²) in [4.78, 5) is 2.19. The van der Waals surface area contributed by atoms with E-state index in [1.165, 1.54) is 0 Å². The van der Waals surface area contributed by atoms with Crippen molar-refractivity contribution >= 4 is 5.57 Å². The first kappa shape index (κ1) is 13.6. The Morgan fingerprint density at radius 3 is 2.60 bits per heavy atom. The van der Waals surface area contributed by atoms with Gasteiger partial charge in [0, 0.05) is 12.1 Å². The van der Waals surface area contributed by atoms with Gasteiger partial charge in [0.25, 0.3) is 0 Å². The number of rotatable bonds is 1. The lowest BCUT2D eigenvalue weighted by Gasteiger charge is -2.31. The topological polar surface area (TPSA) is 3.24 Å². The molecule has 0 amide bonds. The molecule has 20 heavy (non-hydrogen) atoms. The number of fused-ring (bicyclic) bond motifs is 2. The van der Waals surface area contributed by atoms with Gasteiger partial charge >= 0.3 is 6.18 Å². The maximum atomic E-state index is 13.4. The standard InChI is InChI=1S/C15H15F4N/c1-20-11-3-4-12(20)7-9(6-11)13-8-10(16)2-5-14(13)15(17,18)19/h2,5-6,8,11-12H,3-4,7H2,1H3. The normalized spacial score (nSPS) is 26.8. The molecule has 1 aromatic carbocycles. The third kappa shape index (κ3) is 2.24. The van der Waals surface area contributed by atoms with Gasteiger partial charge in [0.05, 0.1) is 5.56 Å². The van der Waals surface area contributed by atoms with Gasteiger partial charge in [0.15, 0.2) is 0 Å². The third-order valence-corrected chi connectivity index (χ3v) is 4.38. The van der Waals surface area contributed by atoms with Crippen LogP contribution in [0.1, 0.15) is 30.4 Å². The first-order valence-corrected chi connectivity index (χ1v) is 6.66. The largest absolute Gasteiger partial charge is 0.416 e. The van der Waals surface area contributed by atoms with Crippen molar-refractivity contribution in [2.24, 2.45) is 0 Å². The first-order valence-electron chi connectivity index (χ1n) is 6.66. The molecule has 2 unspecified atom stereocenters. The lowest BCUT2D eigenvalue weighted by atomic mass is 9.91. The van der Waals surface area contributed by atoms with Crippen LogP contribution in [0.2, 0.25) is 0 Å². The molecule has 108 valence electrons. The number of nitrogens with zero attached hydrogens (tertiary/aromatic N) is 1. The van der Waals surface area contributed by atoms with Crippen LogP contribution < -0.4 is 0 Å². The van der Waals surface area contributed by atoms with E-state index in [9.17, 15) is 17.6 Å². The van der Waals surface area contributed by atoms with Gasteiger partial charge in [-0.3, -0.25) is 4.90 Å². The van der Waals surface area contributed by atoms with E-state index in [1.807, 2.05) is 13.1 Å². The summed E-state index contributed by atoms with van der Waals surface area (Å²) in [6.45, 7) is 0. The molecule has 2 heterocycles. The van der Waals surface area contributed by atoms with Crippen molar-refractivity contribution in [1.82, 2.24) is 4.90 Å². The third-order valence-electron chi connectivity index (χ3n) is 4.38. The second-order valence-corrected chi connectivity index (χ2v) is 5.55. The fourth-order valence-electron chi connectivity index (χ4n) is 3.27. The van der Waals surface area contributed by atoms with Crippen molar-refractivity contribution < 1.29 is 17.6 Å². The van der Waals surface area contributed by atoms with Gasteiger partial charge in [0.2, 0.25) is 0 Å². The number of hydrogen-bond acceptors (Lipinski definition) is 1. The molecule has 1 fully saturated rings. The van der Waals surface area contributed by atoms with Crippen molar-refractivity contribution in [3.8, 4) is 0 Å². The summed E-state index contributed by atoms with van der Waals surface area (Å²) in [5.74, 6) is -0.625. The summed E-state index contributed by atoms with van der Waals surface area (Å²) >= 11 is 0. The highest BCUT2D eigenvalue weighted by molar-refractivity contribution is 5.71. The molecule has 0 N–H and O–H groups in total. The number of benzene rings is 1. The Morgan fingerprint density at radius 1 is 1.20 bits per heavy atom. The van der Waals surface area contributed by atoms with Crippen LogP contribution in [0, 0.1) is 5.82 Å². The van der Waals surface area contributed by atoms with E-state index in [0.29, 0.717) is 12.0 Å². The molecule has 2 atom stereocenters. The van der Waals surface area contributed by atoms with Crippen LogP contribution in [-0.2, 0) is 6.18 Å². The van der Waals surface area contributed by atoms with Gasteiger partial charge in [-0.1, -0.05) is 6.08 Å². The van der Waals surface area contributed by atoms with Crippen molar-refractivity contribution in [2.45, 2.75) is 37.5 Å². The fourth-order valence-corrected chi connectivity index (χ4v) is 3.27. The molecule has 5 heteroatoms. The van der Waals surface area contributed by atoms with E-state index < -0.39 is 17.6 Å². The van der Waals surface area contributed by atoms with Gasteiger partial charge in [-0.05, 0) is 55.6 Å². The molecule has 0 saturated carbocycles. The second-order valence-electron chi connectivity index (χ2n) is 5.55. The molecule has 1 aromatic rings. The average Bonchev–Trinajstić information content (AvgIpc) is 2.61. The van der Waals surface area contributed by atoms with Crippen molar-refractivity contribution in [3.05, 3.63) is 41.2 Å². The number of halogens is 4. The van der Waals surface area contributed by atoms with Crippen LogP contribution in [0.25, 0.3) is 5.57 Å². The molecule has 0 aromatic heterocycles. The highest BCUT2D eigenvalue weighted by Gasteiger charge is 2.38. The Labute approximate surface area is 114 Å². The van der Waals surface area contributed by atoms with Gasteiger partial charge < -0.3 is 0 Å². The quantitative estimate of drug-likeness (QED) is 0.702. The monoisotopic (exact) mass is 285 g/mol. The Kier molecular flexibility index (Phi) is 3.12. The van der Waals surface area contributed by atoms with Crippen molar-refractivity contribution in [2.75, 3.05) is 7.05 Å². The summed E-state index contributed by atoms with van der Waals surface area (Å²) in [6.07, 6.45) is -0.0848. The highest BCUT2D eigenvalue weighted by Crippen LogP contribution is 2.42. The zero-order valence-corrected chi connectivity index (χ0v) is 11.0. The van der Waals surface area contributed by atoms with Crippen LogP contribution in [0.15, 0.2) is 24.3 Å². The second kappa shape index (κ2) is 4.58. The van der Waals surface area contributed by atoms with Crippen molar-refractivity contribution in [1.29, 1.82) is 0 Å². The highest BCUT2D eigenvalue weighted by atomic mass is 19.4. The molecular weight excluding hydrogens is 270 g/mol. The van der Waals surface area contributed by atoms with Crippen LogP contribution in [0.5, 0.6) is 0 Å². The predicted octanol–water partition coefficient (Wildman–Crippen LogP) is 4.09. The van der Waals surface area contributed by atoms with Gasteiger partial charge in [-0.25, -0.2) is 4.39 Å². The minimum absolute atomic E-state index is 0.00231. The zero-order valence-electron chi connectivity index (χ0n) is 11.0. The molecule has 2 aliphatic heterocycles. The Balaban J connectivity index is 2.07. The predicted molar refractivity (Wildman–Crippen MR) is 68.6 cm³/mol. The minimum atomic E-state index is -4.45. The minimum Gasteiger partial charge on any atom is -0.297 e. The van der Waals surface area contributed by atoms with E-state index in [4.69, 9.17) is 0 Å². The molecule has 2 aliphatic rings. The smallest absolute Gasteiger partial charge is 0.297 e. The van der Waals surface area contributed by atoms with Crippen LogP contribution in [-0.4, -0.2) is 24.0 Å². The zero-order chi connectivity index (χ0) is 14.5. The van der Waals surface area contributed by atoms with Gasteiger partial charge in [-0.2, -0.15) is 13.2 Å². The lowest BCUT2D eigenvalue weighted by molar-refractivity contribution is -0.137. The molecule has 0 radical (unpaired) electrons. The van der Waals surface area contributed by atoms with E-state index in [0.717, 1.165) is 31.0 Å². The maximum absolute atomic E-state index is 13.4. The Hall–Kier alpha value is -1.36. The Bertz CT molecular complexity index is 561. The summed E-state index contributed by atoms with van der Waals surface area (Å²) < 4.78 is 52.6. The number of alkyl halides is 3. The van der Waals surface area contributed by atoms with E-state index >= 15 is 0 Å². The molecule has 2 bridgehead atoms. The van der Waals surface area contributed by atoms with Crippen LogP contribution in [0.4, 0.5) is 17.6 Å². The summed E-state index contributed by atoms with van der Waals surface area (Å²) in [5, 5.41) is 0. The fraction of sp³-hybridized carbons (Fsp3) is 0.467. The lowest BCUT2D eigenvalue weighted by Crippen LogP contribution is -2.34. The maximum Gasteiger partial charge on any atom is 0.416 e. The van der Waals surface area contributed by atoms with Crippen molar-refractivity contribution in [3.63, 3.8) is 0 Å². The molecule has 1 nitrogen and oxygen atoms in total.